The monoisotopic (exact) mass is 396 g/mol. The molecule has 1 spiro atoms. The number of aryl methyl sites for hydroxylation is 2. The van der Waals surface area contributed by atoms with Crippen molar-refractivity contribution in [2.75, 3.05) is 30.9 Å². The molecule has 1 unspecified atom stereocenters. The predicted molar refractivity (Wildman–Crippen MR) is 111 cm³/mol. The van der Waals surface area contributed by atoms with Gasteiger partial charge in [-0.25, -0.2) is 0 Å². The first-order chi connectivity index (χ1) is 13.5. The van der Waals surface area contributed by atoms with Crippen LogP contribution >= 0.6 is 11.8 Å². The Hall–Kier alpha value is -2.31. The highest BCUT2D eigenvalue weighted by Crippen LogP contribution is 2.54. The number of carbonyl (C=O) groups is 2. The van der Waals surface area contributed by atoms with Crippen LogP contribution in [0.5, 0.6) is 0 Å². The van der Waals surface area contributed by atoms with Gasteiger partial charge in [0.05, 0.1) is 12.2 Å². The highest BCUT2D eigenvalue weighted by molar-refractivity contribution is 8.01. The Morgan fingerprint density at radius 3 is 2.71 bits per heavy atom. The van der Waals surface area contributed by atoms with Crippen molar-refractivity contribution < 1.29 is 14.3 Å². The molecule has 6 heteroatoms. The maximum Gasteiger partial charge on any atom is 0.268 e. The SMILES string of the molecule is COCC(=O)N1CCSC12C(=O)N(Cc1cccc(C)c1)c1ccc(C)cc12. The number of thioether (sulfide) groups is 1. The van der Waals surface area contributed by atoms with Crippen molar-refractivity contribution in [3.05, 3.63) is 64.7 Å². The van der Waals surface area contributed by atoms with E-state index in [1.54, 1.807) is 16.7 Å². The topological polar surface area (TPSA) is 49.9 Å². The van der Waals surface area contributed by atoms with Gasteiger partial charge in [-0.05, 0) is 25.5 Å². The molecule has 1 fully saturated rings. The van der Waals surface area contributed by atoms with Crippen molar-refractivity contribution in [1.82, 2.24) is 4.90 Å². The standard InChI is InChI=1S/C22H24N2O3S/c1-15-5-4-6-17(11-15)13-23-19-8-7-16(2)12-18(19)22(21(23)26)24(9-10-28-22)20(25)14-27-3/h4-8,11-12H,9-10,13-14H2,1-3H3. The number of methoxy groups -OCH3 is 1. The van der Waals surface area contributed by atoms with Crippen LogP contribution in [0.15, 0.2) is 42.5 Å². The van der Waals surface area contributed by atoms with Crippen LogP contribution in [0, 0.1) is 13.8 Å². The first-order valence-electron chi connectivity index (χ1n) is 9.39. The number of anilines is 1. The van der Waals surface area contributed by atoms with Gasteiger partial charge in [0.1, 0.15) is 6.61 Å². The van der Waals surface area contributed by atoms with Crippen molar-refractivity contribution in [2.24, 2.45) is 0 Å². The zero-order chi connectivity index (χ0) is 19.9. The maximum absolute atomic E-state index is 13.8. The summed E-state index contributed by atoms with van der Waals surface area (Å²) in [5.41, 5.74) is 5.12. The summed E-state index contributed by atoms with van der Waals surface area (Å²) < 4.78 is 5.08. The molecule has 0 saturated carbocycles. The van der Waals surface area contributed by atoms with Crippen LogP contribution in [0.4, 0.5) is 5.69 Å². The Morgan fingerprint density at radius 2 is 1.96 bits per heavy atom. The minimum absolute atomic E-state index is 0.0192. The highest BCUT2D eigenvalue weighted by atomic mass is 32.2. The summed E-state index contributed by atoms with van der Waals surface area (Å²) >= 11 is 1.55. The molecule has 2 amide bonds. The molecule has 28 heavy (non-hydrogen) atoms. The second kappa shape index (κ2) is 7.26. The lowest BCUT2D eigenvalue weighted by atomic mass is 10.0. The fourth-order valence-corrected chi connectivity index (χ4v) is 5.61. The number of hydrogen-bond acceptors (Lipinski definition) is 4. The average molecular weight is 397 g/mol. The van der Waals surface area contributed by atoms with Crippen LogP contribution in [0.1, 0.15) is 22.3 Å². The van der Waals surface area contributed by atoms with E-state index in [0.29, 0.717) is 13.1 Å². The van der Waals surface area contributed by atoms with Crippen molar-refractivity contribution >= 4 is 29.3 Å². The molecule has 2 aliphatic rings. The minimum atomic E-state index is -0.985. The number of ether oxygens (including phenoxy) is 1. The quantitative estimate of drug-likeness (QED) is 0.796. The molecular formula is C22H24N2O3S. The number of benzene rings is 2. The van der Waals surface area contributed by atoms with E-state index in [2.05, 4.69) is 12.1 Å². The lowest BCUT2D eigenvalue weighted by molar-refractivity contribution is -0.143. The molecule has 0 aliphatic carbocycles. The average Bonchev–Trinajstić information content (AvgIpc) is 3.20. The van der Waals surface area contributed by atoms with E-state index in [4.69, 9.17) is 4.74 Å². The molecule has 2 aromatic carbocycles. The molecule has 1 atom stereocenters. The van der Waals surface area contributed by atoms with Crippen LogP contribution in [-0.4, -0.2) is 42.7 Å². The lowest BCUT2D eigenvalue weighted by Crippen LogP contribution is -2.51. The van der Waals surface area contributed by atoms with Gasteiger partial charge in [0.15, 0.2) is 4.87 Å². The summed E-state index contributed by atoms with van der Waals surface area (Å²) in [5.74, 6) is 0.541. The summed E-state index contributed by atoms with van der Waals surface area (Å²) in [5, 5.41) is 0. The Bertz CT molecular complexity index is 945. The van der Waals surface area contributed by atoms with Crippen LogP contribution in [0.3, 0.4) is 0 Å². The van der Waals surface area contributed by atoms with Gasteiger partial charge in [0, 0.05) is 25.0 Å². The largest absolute Gasteiger partial charge is 0.375 e. The van der Waals surface area contributed by atoms with Crippen LogP contribution in [0.2, 0.25) is 0 Å². The minimum Gasteiger partial charge on any atom is -0.375 e. The van der Waals surface area contributed by atoms with Gasteiger partial charge in [-0.2, -0.15) is 0 Å². The van der Waals surface area contributed by atoms with Gasteiger partial charge in [-0.3, -0.25) is 9.59 Å². The fourth-order valence-electron chi connectivity index (χ4n) is 4.14. The van der Waals surface area contributed by atoms with Crippen LogP contribution in [-0.2, 0) is 25.7 Å². The number of fused-ring (bicyclic) bond motifs is 2. The van der Waals surface area contributed by atoms with Crippen molar-refractivity contribution in [3.63, 3.8) is 0 Å². The van der Waals surface area contributed by atoms with E-state index in [1.807, 2.05) is 49.1 Å². The van der Waals surface area contributed by atoms with Gasteiger partial charge in [-0.1, -0.05) is 47.5 Å². The Balaban J connectivity index is 1.80. The maximum atomic E-state index is 13.8. The van der Waals surface area contributed by atoms with Crippen molar-refractivity contribution in [3.8, 4) is 0 Å². The number of amides is 2. The molecule has 0 aromatic heterocycles. The van der Waals surface area contributed by atoms with E-state index in [1.165, 1.54) is 7.11 Å². The van der Waals surface area contributed by atoms with E-state index < -0.39 is 4.87 Å². The molecule has 4 rings (SSSR count). The van der Waals surface area contributed by atoms with E-state index in [9.17, 15) is 9.59 Å². The predicted octanol–water partition coefficient (Wildman–Crippen LogP) is 3.22. The van der Waals surface area contributed by atoms with Crippen molar-refractivity contribution in [1.29, 1.82) is 0 Å². The molecule has 0 bridgehead atoms. The summed E-state index contributed by atoms with van der Waals surface area (Å²) in [6, 6.07) is 14.3. The van der Waals surface area contributed by atoms with Gasteiger partial charge >= 0.3 is 0 Å². The van der Waals surface area contributed by atoms with Crippen molar-refractivity contribution in [2.45, 2.75) is 25.3 Å². The first-order valence-corrected chi connectivity index (χ1v) is 10.4. The zero-order valence-corrected chi connectivity index (χ0v) is 17.2. The summed E-state index contributed by atoms with van der Waals surface area (Å²) in [6.45, 7) is 5.08. The Kier molecular flexibility index (Phi) is 4.93. The van der Waals surface area contributed by atoms with E-state index in [0.717, 1.165) is 33.7 Å². The summed E-state index contributed by atoms with van der Waals surface area (Å²) in [7, 11) is 1.51. The second-order valence-electron chi connectivity index (χ2n) is 7.37. The summed E-state index contributed by atoms with van der Waals surface area (Å²) in [6.07, 6.45) is 0. The molecule has 2 aliphatic heterocycles. The third kappa shape index (κ3) is 2.91. The van der Waals surface area contributed by atoms with E-state index >= 15 is 0 Å². The van der Waals surface area contributed by atoms with E-state index in [-0.39, 0.29) is 18.4 Å². The molecule has 1 saturated heterocycles. The van der Waals surface area contributed by atoms with Crippen LogP contribution in [0.25, 0.3) is 0 Å². The third-order valence-electron chi connectivity index (χ3n) is 5.34. The van der Waals surface area contributed by atoms with Crippen LogP contribution < -0.4 is 4.90 Å². The van der Waals surface area contributed by atoms with Gasteiger partial charge in [0.2, 0.25) is 5.91 Å². The molecular weight excluding hydrogens is 372 g/mol. The summed E-state index contributed by atoms with van der Waals surface area (Å²) in [4.78, 5) is 29.1. The normalized spacial score (nSPS) is 20.9. The molecule has 5 nitrogen and oxygen atoms in total. The highest BCUT2D eigenvalue weighted by Gasteiger charge is 2.59. The zero-order valence-electron chi connectivity index (χ0n) is 16.4. The third-order valence-corrected chi connectivity index (χ3v) is 6.76. The molecule has 0 radical (unpaired) electrons. The number of hydrogen-bond donors (Lipinski definition) is 0. The Morgan fingerprint density at radius 1 is 1.18 bits per heavy atom. The van der Waals surface area contributed by atoms with Gasteiger partial charge in [-0.15, -0.1) is 11.8 Å². The number of carbonyl (C=O) groups excluding carboxylic acids is 2. The molecule has 2 heterocycles. The second-order valence-corrected chi connectivity index (χ2v) is 8.66. The van der Waals surface area contributed by atoms with Gasteiger partial charge < -0.3 is 14.5 Å². The number of nitrogens with zero attached hydrogens (tertiary/aromatic N) is 2. The lowest BCUT2D eigenvalue weighted by Gasteiger charge is -2.33. The molecule has 0 N–H and O–H groups in total. The fraction of sp³-hybridized carbons (Fsp3) is 0.364. The molecule has 146 valence electrons. The Labute approximate surface area is 169 Å². The smallest absolute Gasteiger partial charge is 0.268 e. The number of rotatable bonds is 4. The first kappa shape index (κ1) is 19.0. The molecule has 2 aromatic rings. The van der Waals surface area contributed by atoms with Gasteiger partial charge in [0.25, 0.3) is 5.91 Å².